The van der Waals surface area contributed by atoms with Gasteiger partial charge in [0.15, 0.2) is 0 Å². The number of rotatable bonds is 4. The summed E-state index contributed by atoms with van der Waals surface area (Å²) in [4.78, 5) is 3.84. The number of anilines is 1. The molecule has 2 aromatic rings. The van der Waals surface area contributed by atoms with Gasteiger partial charge in [-0.1, -0.05) is 34.8 Å². The van der Waals surface area contributed by atoms with E-state index >= 15 is 0 Å². The molecule has 0 spiro atoms. The zero-order valence-corrected chi connectivity index (χ0v) is 11.6. The van der Waals surface area contributed by atoms with Gasteiger partial charge in [-0.15, -0.1) is 0 Å². The van der Waals surface area contributed by atoms with Crippen LogP contribution in [0.4, 0.5) is 14.5 Å². The second-order valence-electron chi connectivity index (χ2n) is 3.63. The molecule has 1 aromatic heterocycles. The molecule has 0 saturated carbocycles. The van der Waals surface area contributed by atoms with Crippen molar-refractivity contribution < 1.29 is 8.78 Å². The third kappa shape index (κ3) is 3.29. The molecule has 0 unspecified atom stereocenters. The maximum absolute atomic E-state index is 12.6. The quantitative estimate of drug-likeness (QED) is 0.870. The van der Waals surface area contributed by atoms with E-state index in [0.717, 1.165) is 4.57 Å². The van der Waals surface area contributed by atoms with Gasteiger partial charge in [0.05, 0.1) is 22.3 Å². The minimum Gasteiger partial charge on any atom is -0.375 e. The SMILES string of the molecule is FC(F)n1ccnc1CNc1c(Cl)cc(Cl)cc1Cl. The molecule has 3 nitrogen and oxygen atoms in total. The fourth-order valence-corrected chi connectivity index (χ4v) is 2.49. The van der Waals surface area contributed by atoms with Crippen molar-refractivity contribution in [2.24, 2.45) is 0 Å². The lowest BCUT2D eigenvalue weighted by Crippen LogP contribution is -2.09. The summed E-state index contributed by atoms with van der Waals surface area (Å²) >= 11 is 17.7. The van der Waals surface area contributed by atoms with Gasteiger partial charge >= 0.3 is 6.55 Å². The maximum atomic E-state index is 12.6. The van der Waals surface area contributed by atoms with Crippen LogP contribution in [0.15, 0.2) is 24.5 Å². The summed E-state index contributed by atoms with van der Waals surface area (Å²) in [6.07, 6.45) is 2.50. The van der Waals surface area contributed by atoms with E-state index < -0.39 is 6.55 Å². The lowest BCUT2D eigenvalue weighted by Gasteiger charge is -2.12. The number of aromatic nitrogens is 2. The Balaban J connectivity index is 2.17. The van der Waals surface area contributed by atoms with Gasteiger partial charge in [0, 0.05) is 17.4 Å². The molecule has 1 aromatic carbocycles. The molecule has 102 valence electrons. The Bertz CT molecular complexity index is 563. The fourth-order valence-electron chi connectivity index (χ4n) is 1.54. The van der Waals surface area contributed by atoms with Crippen molar-refractivity contribution in [3.8, 4) is 0 Å². The first-order valence-electron chi connectivity index (χ1n) is 5.17. The molecule has 2 rings (SSSR count). The van der Waals surface area contributed by atoms with E-state index in [-0.39, 0.29) is 12.4 Å². The van der Waals surface area contributed by atoms with Gasteiger partial charge in [0.1, 0.15) is 5.82 Å². The predicted molar refractivity (Wildman–Crippen MR) is 72.3 cm³/mol. The van der Waals surface area contributed by atoms with E-state index in [2.05, 4.69) is 10.3 Å². The average molecular weight is 327 g/mol. The van der Waals surface area contributed by atoms with Gasteiger partial charge in [0.2, 0.25) is 0 Å². The highest BCUT2D eigenvalue weighted by Crippen LogP contribution is 2.33. The Hall–Kier alpha value is -1.04. The Morgan fingerprint density at radius 3 is 2.42 bits per heavy atom. The van der Waals surface area contributed by atoms with Gasteiger partial charge in [0.25, 0.3) is 0 Å². The molecule has 0 aliphatic rings. The van der Waals surface area contributed by atoms with Gasteiger partial charge in [-0.2, -0.15) is 8.78 Å². The van der Waals surface area contributed by atoms with Crippen LogP contribution in [-0.4, -0.2) is 9.55 Å². The molecule has 19 heavy (non-hydrogen) atoms. The summed E-state index contributed by atoms with van der Waals surface area (Å²) in [5.41, 5.74) is 0.427. The molecule has 1 heterocycles. The molecule has 0 bridgehead atoms. The van der Waals surface area contributed by atoms with Crippen molar-refractivity contribution in [1.82, 2.24) is 9.55 Å². The largest absolute Gasteiger partial charge is 0.375 e. The first kappa shape index (κ1) is 14.4. The van der Waals surface area contributed by atoms with E-state index in [1.807, 2.05) is 0 Å². The van der Waals surface area contributed by atoms with Gasteiger partial charge in [-0.3, -0.25) is 4.57 Å². The standard InChI is InChI=1S/C11H8Cl3F2N3/c12-6-3-7(13)10(8(14)4-6)18-5-9-17-1-2-19(9)11(15)16/h1-4,11,18H,5H2. The highest BCUT2D eigenvalue weighted by Gasteiger charge is 2.13. The Morgan fingerprint density at radius 2 is 1.84 bits per heavy atom. The van der Waals surface area contributed by atoms with Crippen LogP contribution in [0.2, 0.25) is 15.1 Å². The van der Waals surface area contributed by atoms with Crippen molar-refractivity contribution in [1.29, 1.82) is 0 Å². The van der Waals surface area contributed by atoms with Gasteiger partial charge < -0.3 is 5.32 Å². The second-order valence-corrected chi connectivity index (χ2v) is 4.88. The summed E-state index contributed by atoms with van der Waals surface area (Å²) in [5, 5.41) is 3.89. The molecule has 0 aliphatic heterocycles. The maximum Gasteiger partial charge on any atom is 0.319 e. The average Bonchev–Trinajstić information content (AvgIpc) is 2.75. The minimum atomic E-state index is -2.64. The van der Waals surface area contributed by atoms with E-state index in [9.17, 15) is 8.78 Å². The van der Waals surface area contributed by atoms with Crippen LogP contribution in [0.1, 0.15) is 12.4 Å². The van der Waals surface area contributed by atoms with Gasteiger partial charge in [-0.05, 0) is 12.1 Å². The zero-order valence-electron chi connectivity index (χ0n) is 9.38. The topological polar surface area (TPSA) is 29.9 Å². The fraction of sp³-hybridized carbons (Fsp3) is 0.182. The molecule has 0 aliphatic carbocycles. The van der Waals surface area contributed by atoms with Crippen LogP contribution in [0.25, 0.3) is 0 Å². The number of hydrogen-bond donors (Lipinski definition) is 1. The summed E-state index contributed by atoms with van der Waals surface area (Å²) in [6.45, 7) is -2.58. The summed E-state index contributed by atoms with van der Waals surface area (Å²) in [6, 6.07) is 3.02. The van der Waals surface area contributed by atoms with E-state index in [0.29, 0.717) is 20.8 Å². The van der Waals surface area contributed by atoms with Crippen LogP contribution >= 0.6 is 34.8 Å². The molecule has 0 atom stereocenters. The van der Waals surface area contributed by atoms with E-state index in [1.165, 1.54) is 24.5 Å². The number of alkyl halides is 2. The lowest BCUT2D eigenvalue weighted by molar-refractivity contribution is 0.0673. The monoisotopic (exact) mass is 325 g/mol. The summed E-state index contributed by atoms with van der Waals surface area (Å²) in [5.74, 6) is 0.178. The molecule has 1 N–H and O–H groups in total. The smallest absolute Gasteiger partial charge is 0.319 e. The number of nitrogens with zero attached hydrogens (tertiary/aromatic N) is 2. The number of hydrogen-bond acceptors (Lipinski definition) is 2. The highest BCUT2D eigenvalue weighted by molar-refractivity contribution is 6.41. The predicted octanol–water partition coefficient (Wildman–Crippen LogP) is 4.85. The number of benzene rings is 1. The molecule has 0 amide bonds. The first-order valence-corrected chi connectivity index (χ1v) is 6.30. The third-order valence-corrected chi connectivity index (χ3v) is 3.20. The number of halogens is 5. The lowest BCUT2D eigenvalue weighted by atomic mass is 10.3. The van der Waals surface area contributed by atoms with Crippen LogP contribution in [0.5, 0.6) is 0 Å². The molecule has 0 radical (unpaired) electrons. The van der Waals surface area contributed by atoms with Crippen molar-refractivity contribution in [2.75, 3.05) is 5.32 Å². The minimum absolute atomic E-state index is 0.0679. The zero-order chi connectivity index (χ0) is 14.0. The first-order chi connectivity index (χ1) is 8.99. The number of imidazole rings is 1. The molecule has 0 fully saturated rings. The molecule has 0 saturated heterocycles. The van der Waals surface area contributed by atoms with Crippen LogP contribution in [-0.2, 0) is 6.54 Å². The molecule has 8 heteroatoms. The Kier molecular flexibility index (Phi) is 4.50. The van der Waals surface area contributed by atoms with Crippen LogP contribution in [0, 0.1) is 0 Å². The third-order valence-electron chi connectivity index (χ3n) is 2.39. The summed E-state index contributed by atoms with van der Waals surface area (Å²) < 4.78 is 26.0. The van der Waals surface area contributed by atoms with E-state index in [4.69, 9.17) is 34.8 Å². The molecular weight excluding hydrogens is 318 g/mol. The summed E-state index contributed by atoms with van der Waals surface area (Å²) in [7, 11) is 0. The van der Waals surface area contributed by atoms with Gasteiger partial charge in [-0.25, -0.2) is 4.98 Å². The van der Waals surface area contributed by atoms with E-state index in [1.54, 1.807) is 0 Å². The molecular formula is C11H8Cl3F2N3. The second kappa shape index (κ2) is 5.94. The van der Waals surface area contributed by atoms with Crippen molar-refractivity contribution in [3.63, 3.8) is 0 Å². The van der Waals surface area contributed by atoms with Crippen molar-refractivity contribution in [2.45, 2.75) is 13.1 Å². The van der Waals surface area contributed by atoms with Crippen LogP contribution < -0.4 is 5.32 Å². The normalized spacial score (nSPS) is 11.1. The highest BCUT2D eigenvalue weighted by atomic mass is 35.5. The Morgan fingerprint density at radius 1 is 1.21 bits per heavy atom. The Labute approximate surface area is 123 Å². The van der Waals surface area contributed by atoms with Crippen LogP contribution in [0.3, 0.4) is 0 Å². The van der Waals surface area contributed by atoms with Crippen molar-refractivity contribution in [3.05, 3.63) is 45.4 Å². The van der Waals surface area contributed by atoms with Crippen molar-refractivity contribution >= 4 is 40.5 Å². The number of nitrogens with one attached hydrogen (secondary N) is 1.